The molecule has 0 bridgehead atoms. The Morgan fingerprint density at radius 3 is 2.57 bits per heavy atom. The van der Waals surface area contributed by atoms with Crippen LogP contribution in [0.2, 0.25) is 5.02 Å². The van der Waals surface area contributed by atoms with E-state index in [2.05, 4.69) is 34.6 Å². The minimum absolute atomic E-state index is 0.132. The van der Waals surface area contributed by atoms with Gasteiger partial charge in [0.1, 0.15) is 11.5 Å². The number of carbonyl (C=O) groups excluding carboxylic acids is 1. The average molecular weight is 342 g/mol. The van der Waals surface area contributed by atoms with E-state index in [0.717, 1.165) is 11.5 Å². The van der Waals surface area contributed by atoms with Crippen molar-refractivity contribution in [3.63, 3.8) is 0 Å². The molecule has 1 aliphatic rings. The lowest BCUT2D eigenvalue weighted by molar-refractivity contribution is 0.143. The van der Waals surface area contributed by atoms with Crippen LogP contribution in [0, 0.1) is 11.3 Å². The van der Waals surface area contributed by atoms with E-state index in [1.807, 2.05) is 13.0 Å². The summed E-state index contributed by atoms with van der Waals surface area (Å²) < 4.78 is 10.9. The van der Waals surface area contributed by atoms with Gasteiger partial charge in [-0.1, -0.05) is 46.2 Å². The van der Waals surface area contributed by atoms with E-state index in [1.54, 1.807) is 4.90 Å². The summed E-state index contributed by atoms with van der Waals surface area (Å²) in [4.78, 5) is 13.6. The Hall–Kier alpha value is -1.16. The maximum Gasteiger partial charge on any atom is 0.410 e. The molecule has 3 atom stereocenters. The van der Waals surface area contributed by atoms with Crippen molar-refractivity contribution in [3.8, 4) is 0 Å². The highest BCUT2D eigenvalue weighted by molar-refractivity contribution is 6.31. The zero-order chi connectivity index (χ0) is 17.5. The first-order valence-corrected chi connectivity index (χ1v) is 8.62. The van der Waals surface area contributed by atoms with E-state index in [9.17, 15) is 4.79 Å². The van der Waals surface area contributed by atoms with Crippen LogP contribution in [-0.2, 0) is 11.2 Å². The Morgan fingerprint density at radius 1 is 1.43 bits per heavy atom. The Morgan fingerprint density at radius 2 is 2.04 bits per heavy atom. The molecule has 2 heterocycles. The van der Waals surface area contributed by atoms with Gasteiger partial charge in [0.25, 0.3) is 0 Å². The largest absolute Gasteiger partial charge is 0.464 e. The number of carbonyl (C=O) groups is 1. The molecule has 1 fully saturated rings. The zero-order valence-electron chi connectivity index (χ0n) is 15.1. The number of hydrogen-bond acceptors (Lipinski definition) is 3. The minimum atomic E-state index is -0.268. The smallest absolute Gasteiger partial charge is 0.410 e. The van der Waals surface area contributed by atoms with Gasteiger partial charge < -0.3 is 9.15 Å². The SMILES string of the molecule is COC(=O)N1C(C)C1C(C)(C)Cc1oc(C(C)C(C)C)cc1Cl. The minimum Gasteiger partial charge on any atom is -0.464 e. The molecule has 23 heavy (non-hydrogen) atoms. The maximum atomic E-state index is 11.8. The number of rotatable bonds is 5. The number of halogens is 1. The van der Waals surface area contributed by atoms with Crippen molar-refractivity contribution >= 4 is 17.7 Å². The standard InChI is InChI=1S/C18H28ClNO3/c1-10(2)11(3)14-8-13(19)15(23-14)9-18(5,6)16-12(4)20(16)17(21)22-7/h8,10-12,16H,9H2,1-7H3. The van der Waals surface area contributed by atoms with E-state index < -0.39 is 0 Å². The third-order valence-corrected chi connectivity index (χ3v) is 5.45. The van der Waals surface area contributed by atoms with Gasteiger partial charge in [0.2, 0.25) is 0 Å². The molecule has 0 radical (unpaired) electrons. The van der Waals surface area contributed by atoms with Gasteiger partial charge in [0, 0.05) is 12.3 Å². The molecule has 0 aromatic carbocycles. The van der Waals surface area contributed by atoms with Crippen molar-refractivity contribution < 1.29 is 13.9 Å². The van der Waals surface area contributed by atoms with Gasteiger partial charge in [0.05, 0.1) is 24.2 Å². The van der Waals surface area contributed by atoms with Crippen molar-refractivity contribution in [3.05, 3.63) is 22.6 Å². The Labute approximate surface area is 144 Å². The second-order valence-corrected chi connectivity index (χ2v) is 8.09. The molecule has 0 aliphatic carbocycles. The zero-order valence-corrected chi connectivity index (χ0v) is 15.9. The molecule has 0 spiro atoms. The number of ether oxygens (including phenoxy) is 1. The Balaban J connectivity index is 2.14. The van der Waals surface area contributed by atoms with Crippen molar-refractivity contribution in [2.24, 2.45) is 11.3 Å². The summed E-state index contributed by atoms with van der Waals surface area (Å²) in [6.45, 7) is 12.8. The normalized spacial score (nSPS) is 22.4. The second-order valence-electron chi connectivity index (χ2n) is 7.68. The van der Waals surface area contributed by atoms with Gasteiger partial charge in [-0.25, -0.2) is 4.79 Å². The quantitative estimate of drug-likeness (QED) is 0.699. The third kappa shape index (κ3) is 3.52. The number of hydrogen-bond donors (Lipinski definition) is 0. The summed E-state index contributed by atoms with van der Waals surface area (Å²) >= 11 is 6.39. The van der Waals surface area contributed by atoms with Gasteiger partial charge in [0.15, 0.2) is 0 Å². The van der Waals surface area contributed by atoms with Gasteiger partial charge in [-0.15, -0.1) is 0 Å². The van der Waals surface area contributed by atoms with Crippen LogP contribution in [-0.4, -0.2) is 30.2 Å². The topological polar surface area (TPSA) is 42.5 Å². The first kappa shape index (κ1) is 18.2. The lowest BCUT2D eigenvalue weighted by Crippen LogP contribution is -2.28. The van der Waals surface area contributed by atoms with Crippen LogP contribution in [0.3, 0.4) is 0 Å². The highest BCUT2D eigenvalue weighted by Crippen LogP contribution is 2.45. The van der Waals surface area contributed by atoms with Crippen molar-refractivity contribution in [2.75, 3.05) is 7.11 Å². The predicted octanol–water partition coefficient (Wildman–Crippen LogP) is 5.10. The first-order valence-electron chi connectivity index (χ1n) is 8.24. The van der Waals surface area contributed by atoms with E-state index in [1.165, 1.54) is 7.11 Å². The molecule has 3 unspecified atom stereocenters. The van der Waals surface area contributed by atoms with Crippen LogP contribution in [0.25, 0.3) is 0 Å². The number of furan rings is 1. The lowest BCUT2D eigenvalue weighted by atomic mass is 9.83. The van der Waals surface area contributed by atoms with Crippen LogP contribution in [0.1, 0.15) is 59.0 Å². The molecule has 0 saturated carbocycles. The summed E-state index contributed by atoms with van der Waals surface area (Å²) in [6.07, 6.45) is 0.425. The molecule has 1 aromatic rings. The molecule has 130 valence electrons. The Bertz CT molecular complexity index is 579. The molecule has 4 nitrogen and oxygen atoms in total. The lowest BCUT2D eigenvalue weighted by Gasteiger charge is -2.23. The first-order chi connectivity index (χ1) is 10.6. The van der Waals surface area contributed by atoms with E-state index in [4.69, 9.17) is 20.8 Å². The monoisotopic (exact) mass is 341 g/mol. The van der Waals surface area contributed by atoms with Gasteiger partial charge >= 0.3 is 6.09 Å². The predicted molar refractivity (Wildman–Crippen MR) is 92.0 cm³/mol. The fourth-order valence-corrected chi connectivity index (χ4v) is 3.59. The van der Waals surface area contributed by atoms with Crippen LogP contribution in [0.15, 0.2) is 10.5 Å². The van der Waals surface area contributed by atoms with Crippen LogP contribution in [0.4, 0.5) is 4.79 Å². The molecule has 1 amide bonds. The fraction of sp³-hybridized carbons (Fsp3) is 0.722. The molecule has 1 aliphatic heterocycles. The molecular formula is C18H28ClNO3. The van der Waals surface area contributed by atoms with Gasteiger partial charge in [-0.3, -0.25) is 4.90 Å². The van der Waals surface area contributed by atoms with E-state index in [-0.39, 0.29) is 23.6 Å². The van der Waals surface area contributed by atoms with E-state index in [0.29, 0.717) is 23.3 Å². The number of amides is 1. The fourth-order valence-electron chi connectivity index (χ4n) is 3.38. The summed E-state index contributed by atoms with van der Waals surface area (Å²) in [5, 5.41) is 0.679. The average Bonchev–Trinajstić information content (AvgIpc) is 3.03. The molecule has 1 saturated heterocycles. The van der Waals surface area contributed by atoms with Crippen molar-refractivity contribution in [1.82, 2.24) is 4.90 Å². The summed E-state index contributed by atoms with van der Waals surface area (Å²) in [5.74, 6) is 2.57. The number of methoxy groups -OCH3 is 1. The van der Waals surface area contributed by atoms with Crippen LogP contribution < -0.4 is 0 Å². The third-order valence-electron chi connectivity index (χ3n) is 5.13. The highest BCUT2D eigenvalue weighted by atomic mass is 35.5. The Kier molecular flexibility index (Phi) is 5.05. The summed E-state index contributed by atoms with van der Waals surface area (Å²) in [6, 6.07) is 2.26. The van der Waals surface area contributed by atoms with Crippen LogP contribution in [0.5, 0.6) is 0 Å². The second kappa shape index (κ2) is 6.39. The highest BCUT2D eigenvalue weighted by Gasteiger charge is 2.56. The summed E-state index contributed by atoms with van der Waals surface area (Å²) in [7, 11) is 1.42. The van der Waals surface area contributed by atoms with Gasteiger partial charge in [-0.05, 0) is 24.3 Å². The molecule has 5 heteroatoms. The number of nitrogens with zero attached hydrogens (tertiary/aromatic N) is 1. The van der Waals surface area contributed by atoms with Crippen LogP contribution >= 0.6 is 11.6 Å². The van der Waals surface area contributed by atoms with Crippen molar-refractivity contribution in [2.45, 2.75) is 66.0 Å². The molecule has 2 rings (SSSR count). The van der Waals surface area contributed by atoms with E-state index >= 15 is 0 Å². The molecule has 1 aromatic heterocycles. The summed E-state index contributed by atoms with van der Waals surface area (Å²) in [5.41, 5.74) is -0.132. The molecular weight excluding hydrogens is 314 g/mol. The molecule has 0 N–H and O–H groups in total. The maximum absolute atomic E-state index is 11.8. The van der Waals surface area contributed by atoms with Crippen molar-refractivity contribution in [1.29, 1.82) is 0 Å². The van der Waals surface area contributed by atoms with Gasteiger partial charge in [-0.2, -0.15) is 0 Å².